The van der Waals surface area contributed by atoms with E-state index in [0.29, 0.717) is 0 Å². The average molecular weight is 495 g/mol. The summed E-state index contributed by atoms with van der Waals surface area (Å²) in [5.74, 6) is 7.66. The summed E-state index contributed by atoms with van der Waals surface area (Å²) >= 11 is 0. The molecule has 4 saturated carbocycles. The first-order valence-corrected chi connectivity index (χ1v) is 17.9. The molecule has 1 saturated heterocycles. The van der Waals surface area contributed by atoms with Gasteiger partial charge in [-0.05, 0) is 36.5 Å². The average Bonchev–Trinajstić information content (AvgIpc) is 3.10. The van der Waals surface area contributed by atoms with E-state index in [2.05, 4.69) is 0 Å². The molecule has 6 unspecified atom stereocenters. The van der Waals surface area contributed by atoms with E-state index in [1.807, 2.05) is 0 Å². The van der Waals surface area contributed by atoms with Gasteiger partial charge in [0.25, 0.3) is 0 Å². The van der Waals surface area contributed by atoms with Gasteiger partial charge in [0.2, 0.25) is 0 Å². The lowest BCUT2D eigenvalue weighted by molar-refractivity contribution is 0.119. The molecule has 1 heterocycles. The highest BCUT2D eigenvalue weighted by Gasteiger charge is 2.52. The van der Waals surface area contributed by atoms with Gasteiger partial charge < -0.3 is 0 Å². The third-order valence-corrected chi connectivity index (χ3v) is 12.7. The van der Waals surface area contributed by atoms with Crippen LogP contribution in [0.2, 0.25) is 17.5 Å². The van der Waals surface area contributed by atoms with Crippen molar-refractivity contribution in [3.05, 3.63) is 0 Å². The van der Waals surface area contributed by atoms with Crippen molar-refractivity contribution in [2.24, 2.45) is 23.7 Å². The van der Waals surface area contributed by atoms with Gasteiger partial charge in [0.1, 0.15) is 6.71 Å². The van der Waals surface area contributed by atoms with Crippen molar-refractivity contribution in [3.63, 3.8) is 0 Å². The van der Waals surface area contributed by atoms with Crippen LogP contribution in [0.25, 0.3) is 0 Å². The lowest BCUT2D eigenvalue weighted by Crippen LogP contribution is -2.38. The molecule has 0 aromatic rings. The Balaban J connectivity index is 1.55. The van der Waals surface area contributed by atoms with Gasteiger partial charge in [0.15, 0.2) is 0 Å². The monoisotopic (exact) mass is 495 g/mol. The topological polar surface area (TPSA) is 0 Å². The van der Waals surface area contributed by atoms with Gasteiger partial charge >= 0.3 is 0 Å². The molecule has 0 N–H and O–H groups in total. The van der Waals surface area contributed by atoms with Crippen LogP contribution in [0.4, 0.5) is 0 Å². The maximum atomic E-state index is 1.62. The van der Waals surface area contributed by atoms with E-state index in [1.54, 1.807) is 141 Å². The van der Waals surface area contributed by atoms with Crippen LogP contribution in [0.15, 0.2) is 0 Å². The van der Waals surface area contributed by atoms with E-state index in [9.17, 15) is 0 Å². The Bertz CT molecular complexity index is 589. The summed E-state index contributed by atoms with van der Waals surface area (Å²) < 4.78 is 0. The van der Waals surface area contributed by atoms with Crippen LogP contribution in [0.3, 0.4) is 0 Å². The highest BCUT2D eigenvalue weighted by atomic mass is 14.5. The molecule has 5 fully saturated rings. The fraction of sp³-hybridized carbons (Fsp3) is 1.00. The Labute approximate surface area is 227 Å². The van der Waals surface area contributed by atoms with Gasteiger partial charge in [0.05, 0.1) is 0 Å². The van der Waals surface area contributed by atoms with Crippen molar-refractivity contribution >= 4 is 6.71 Å². The second-order valence-corrected chi connectivity index (χ2v) is 14.7. The first kappa shape index (κ1) is 27.6. The molecule has 5 aliphatic rings. The Morgan fingerprint density at radius 3 is 0.917 bits per heavy atom. The Kier molecular flexibility index (Phi) is 11.5. The van der Waals surface area contributed by atoms with Crippen molar-refractivity contribution < 1.29 is 0 Å². The summed E-state index contributed by atoms with van der Waals surface area (Å²) in [6.45, 7) is 1.10. The van der Waals surface area contributed by atoms with Crippen LogP contribution in [-0.4, -0.2) is 6.71 Å². The highest BCUT2D eigenvalue weighted by molar-refractivity contribution is 6.64. The molecule has 1 heteroatoms. The van der Waals surface area contributed by atoms with E-state index >= 15 is 0 Å². The molecule has 0 radical (unpaired) electrons. The molecule has 0 amide bonds. The number of rotatable bonds is 1. The van der Waals surface area contributed by atoms with Gasteiger partial charge in [0, 0.05) is 0 Å². The van der Waals surface area contributed by atoms with Crippen LogP contribution in [-0.2, 0) is 0 Å². The molecule has 1 aliphatic heterocycles. The van der Waals surface area contributed by atoms with Gasteiger partial charge in [-0.25, -0.2) is 0 Å². The summed E-state index contributed by atoms with van der Waals surface area (Å²) in [6, 6.07) is 0. The zero-order valence-corrected chi connectivity index (χ0v) is 24.4. The second-order valence-electron chi connectivity index (χ2n) is 14.7. The Morgan fingerprint density at radius 2 is 0.528 bits per heavy atom. The largest absolute Gasteiger partial charge is 0.150 e. The van der Waals surface area contributed by atoms with E-state index in [1.165, 1.54) is 38.5 Å². The van der Waals surface area contributed by atoms with Crippen LogP contribution in [0, 0.1) is 23.7 Å². The molecular formula is C35H63B. The van der Waals surface area contributed by atoms with Gasteiger partial charge in [-0.1, -0.05) is 184 Å². The van der Waals surface area contributed by atoms with Crippen LogP contribution in [0.1, 0.15) is 180 Å². The molecule has 5 rings (SSSR count). The third-order valence-electron chi connectivity index (χ3n) is 12.7. The van der Waals surface area contributed by atoms with Gasteiger partial charge in [-0.2, -0.15) is 0 Å². The number of hydrogen-bond acceptors (Lipinski definition) is 0. The smallest absolute Gasteiger partial charge is 0.0617 e. The van der Waals surface area contributed by atoms with Crippen LogP contribution < -0.4 is 0 Å². The van der Waals surface area contributed by atoms with Crippen molar-refractivity contribution in [2.45, 2.75) is 197 Å². The first-order chi connectivity index (χ1) is 17.9. The minimum atomic E-state index is 1.08. The summed E-state index contributed by atoms with van der Waals surface area (Å²) in [6.07, 6.45) is 43.9. The molecule has 0 aromatic carbocycles. The second kappa shape index (κ2) is 15.0. The molecule has 0 aromatic heterocycles. The summed E-state index contributed by atoms with van der Waals surface area (Å²) in [4.78, 5) is 0. The molecule has 36 heavy (non-hydrogen) atoms. The zero-order chi connectivity index (χ0) is 24.4. The third kappa shape index (κ3) is 7.17. The van der Waals surface area contributed by atoms with Crippen LogP contribution >= 0.6 is 0 Å². The number of hydrogen-bond donors (Lipinski definition) is 0. The SMILES string of the molecule is C1CCCCC(B2C3CCCCCCCC3C3CCCCCCCC3C3CCCCCCC23)CCC1. The van der Waals surface area contributed by atoms with E-state index in [4.69, 9.17) is 0 Å². The first-order valence-electron chi connectivity index (χ1n) is 17.9. The molecule has 4 aliphatic carbocycles. The summed E-state index contributed by atoms with van der Waals surface area (Å²) in [5.41, 5.74) is 0. The standard InChI is InChI=1S/C35H63B/c1-2-6-14-22-29(21-13-5-1)36-34-27-19-10-4-9-17-25-32(34)30-23-15-7-3-8-16-24-31(30)33-26-18-11-12-20-28-35(33)36/h29-35H,1-28H2. The van der Waals surface area contributed by atoms with E-state index in [0.717, 1.165) is 47.8 Å². The predicted molar refractivity (Wildman–Crippen MR) is 160 cm³/mol. The van der Waals surface area contributed by atoms with Crippen molar-refractivity contribution in [2.75, 3.05) is 0 Å². The quantitative estimate of drug-likeness (QED) is 0.318. The summed E-state index contributed by atoms with van der Waals surface area (Å²) in [7, 11) is 0. The molecule has 6 atom stereocenters. The van der Waals surface area contributed by atoms with Gasteiger partial charge in [-0.15, -0.1) is 0 Å². The van der Waals surface area contributed by atoms with Gasteiger partial charge in [-0.3, -0.25) is 0 Å². The minimum Gasteiger partial charge on any atom is -0.0617 e. The zero-order valence-electron chi connectivity index (χ0n) is 24.4. The number of fused-ring (bicyclic) bond motifs is 5. The molecule has 0 bridgehead atoms. The molecule has 0 spiro atoms. The van der Waals surface area contributed by atoms with Crippen molar-refractivity contribution in [1.82, 2.24) is 0 Å². The maximum Gasteiger partial charge on any atom is 0.150 e. The highest BCUT2D eigenvalue weighted by Crippen LogP contribution is 2.60. The minimum absolute atomic E-state index is 1.08. The van der Waals surface area contributed by atoms with Crippen molar-refractivity contribution in [3.8, 4) is 0 Å². The Morgan fingerprint density at radius 1 is 0.250 bits per heavy atom. The molecule has 0 nitrogen and oxygen atoms in total. The molecule has 206 valence electrons. The van der Waals surface area contributed by atoms with E-state index < -0.39 is 0 Å². The molecular weight excluding hydrogens is 431 g/mol. The summed E-state index contributed by atoms with van der Waals surface area (Å²) in [5, 5.41) is 0. The van der Waals surface area contributed by atoms with Crippen molar-refractivity contribution in [1.29, 1.82) is 0 Å². The normalized spacial score (nSPS) is 39.2. The fourth-order valence-electron chi connectivity index (χ4n) is 11.1. The maximum absolute atomic E-state index is 1.62. The Hall–Kier alpha value is 0.0649. The van der Waals surface area contributed by atoms with Crippen LogP contribution in [0.5, 0.6) is 0 Å². The predicted octanol–water partition coefficient (Wildman–Crippen LogP) is 12.0. The lowest BCUT2D eigenvalue weighted by atomic mass is 9.23. The lowest BCUT2D eigenvalue weighted by Gasteiger charge is -2.42. The van der Waals surface area contributed by atoms with E-state index in [-0.39, 0.29) is 0 Å². The fourth-order valence-corrected chi connectivity index (χ4v) is 11.1.